The Bertz CT molecular complexity index is 4730. The van der Waals surface area contributed by atoms with Gasteiger partial charge in [-0.1, -0.05) is 126 Å². The van der Waals surface area contributed by atoms with Gasteiger partial charge in [-0.15, -0.1) is 0 Å². The molecule has 0 saturated carbocycles. The van der Waals surface area contributed by atoms with Gasteiger partial charge in [0.2, 0.25) is 0 Å². The molecule has 0 amide bonds. The Morgan fingerprint density at radius 1 is 0.258 bits per heavy atom. The van der Waals surface area contributed by atoms with E-state index >= 15 is 0 Å². The van der Waals surface area contributed by atoms with E-state index in [9.17, 15) is 33.6 Å². The SMILES string of the molecule is CC(=O)c1ccc(C(=O)c2ccc(-c3ccc(Oc4ccc(C)cc4)cc3)cc2)cc1.CC(=O)c1ccc(C(=O)c2ccc(Oc3ccc(C(=O)c4ccc(Oc5ccc(C)cc5)cc4)cc3)cc2)cc1.COc1ccc(C(=O)c2ccc(Oc3ccc(C)c(C=O)c3)cc2)cc1. The molecule has 0 aromatic heterocycles. The Kier molecular flexibility index (Phi) is 22.0. The highest BCUT2D eigenvalue weighted by atomic mass is 16.5. The lowest BCUT2D eigenvalue weighted by molar-refractivity contribution is 0.100. The van der Waals surface area contributed by atoms with Crippen molar-refractivity contribution in [1.29, 1.82) is 0 Å². The number of Topliss-reactive ketones (excluding diaryl/α,β-unsaturated/α-hetero) is 2. The second kappa shape index (κ2) is 31.8. The number of aryl methyl sites for hydroxylation is 3. The second-order valence-corrected chi connectivity index (χ2v) is 22.7. The first kappa shape index (κ1) is 67.2. The van der Waals surface area contributed by atoms with E-state index in [2.05, 4.69) is 0 Å². The van der Waals surface area contributed by atoms with Gasteiger partial charge < -0.3 is 23.7 Å². The Labute approximate surface area is 563 Å². The van der Waals surface area contributed by atoms with Crippen LogP contribution in [-0.4, -0.2) is 48.1 Å². The number of methoxy groups -OCH3 is 1. The molecule has 478 valence electrons. The average Bonchev–Trinajstić information content (AvgIpc) is 1.01. The lowest BCUT2D eigenvalue weighted by Crippen LogP contribution is -2.02. The predicted octanol–water partition coefficient (Wildman–Crippen LogP) is 20.0. The van der Waals surface area contributed by atoms with Gasteiger partial charge in [0.25, 0.3) is 0 Å². The van der Waals surface area contributed by atoms with E-state index in [1.807, 2.05) is 124 Å². The standard InChI is InChI=1S/C35H26O5.C28H22O3.C22H18O4/c1-23-3-15-30(16-4-23)39-31-17-11-28(12-18-31)35(38)29-13-21-33(22-14-29)40-32-19-9-27(10-20-32)34(37)26-7-5-25(6-8-26)24(2)36;1-19-3-15-26(16-4-19)31-27-17-13-23(14-18-27)22-7-11-25(12-8-22)28(30)24-9-5-21(6-10-24)20(2)29;1-15-3-8-21(13-18(15)14-23)26-20-11-6-17(7-12-20)22(24)16-4-9-19(25-2)10-5-16/h3-22H,1-2H3;3-18H,1-2H3;3-14H,1-2H3. The third kappa shape index (κ3) is 18.1. The highest BCUT2D eigenvalue weighted by Crippen LogP contribution is 2.30. The van der Waals surface area contributed by atoms with Crippen molar-refractivity contribution >= 4 is 41.0 Å². The van der Waals surface area contributed by atoms with Gasteiger partial charge in [-0.05, 0) is 221 Å². The van der Waals surface area contributed by atoms with E-state index in [0.29, 0.717) is 95.7 Å². The van der Waals surface area contributed by atoms with Crippen LogP contribution >= 0.6 is 0 Å². The number of carbonyl (C=O) groups excluding carboxylic acids is 7. The topological polar surface area (TPSA) is 166 Å². The molecule has 0 aliphatic carbocycles. The van der Waals surface area contributed by atoms with Crippen molar-refractivity contribution in [1.82, 2.24) is 0 Å². The zero-order valence-corrected chi connectivity index (χ0v) is 54.1. The smallest absolute Gasteiger partial charge is 0.193 e. The van der Waals surface area contributed by atoms with Gasteiger partial charge >= 0.3 is 0 Å². The molecule has 0 spiro atoms. The summed E-state index contributed by atoms with van der Waals surface area (Å²) in [5, 5.41) is 0. The number of hydrogen-bond donors (Lipinski definition) is 0. The van der Waals surface area contributed by atoms with Gasteiger partial charge in [0.15, 0.2) is 34.7 Å². The van der Waals surface area contributed by atoms with Crippen molar-refractivity contribution in [3.05, 3.63) is 363 Å². The van der Waals surface area contributed by atoms with E-state index in [0.717, 1.165) is 45.8 Å². The first-order valence-corrected chi connectivity index (χ1v) is 31.0. The number of aldehydes is 1. The number of ketones is 6. The zero-order valence-electron chi connectivity index (χ0n) is 54.1. The average molecular weight is 1280 g/mol. The highest BCUT2D eigenvalue weighted by molar-refractivity contribution is 6.11. The van der Waals surface area contributed by atoms with E-state index < -0.39 is 0 Å². The van der Waals surface area contributed by atoms with Gasteiger partial charge in [0.1, 0.15) is 58.0 Å². The van der Waals surface area contributed by atoms with Crippen LogP contribution < -0.4 is 23.7 Å². The molecule has 0 bridgehead atoms. The molecule has 0 saturated heterocycles. The maximum Gasteiger partial charge on any atom is 0.193 e. The summed E-state index contributed by atoms with van der Waals surface area (Å²) in [7, 11) is 1.58. The number of carbonyl (C=O) groups is 7. The van der Waals surface area contributed by atoms with Crippen LogP contribution in [0.1, 0.15) is 125 Å². The summed E-state index contributed by atoms with van der Waals surface area (Å²) in [6.45, 7) is 8.93. The lowest BCUT2D eigenvalue weighted by atomic mass is 9.98. The van der Waals surface area contributed by atoms with Crippen LogP contribution in [-0.2, 0) is 0 Å². The van der Waals surface area contributed by atoms with Crippen LogP contribution in [0.4, 0.5) is 0 Å². The van der Waals surface area contributed by atoms with Crippen molar-refractivity contribution in [2.24, 2.45) is 0 Å². The van der Waals surface area contributed by atoms with Crippen molar-refractivity contribution in [2.45, 2.75) is 34.6 Å². The van der Waals surface area contributed by atoms with Gasteiger partial charge in [0.05, 0.1) is 7.11 Å². The maximum absolute atomic E-state index is 13.0. The summed E-state index contributed by atoms with van der Waals surface area (Å²) >= 11 is 0. The van der Waals surface area contributed by atoms with E-state index in [1.54, 1.807) is 189 Å². The van der Waals surface area contributed by atoms with Crippen LogP contribution in [0.25, 0.3) is 11.1 Å². The molecule has 12 rings (SSSR count). The molecule has 0 N–H and O–H groups in total. The molecule has 0 fully saturated rings. The summed E-state index contributed by atoms with van der Waals surface area (Å²) in [5.41, 5.74) is 11.5. The van der Waals surface area contributed by atoms with Crippen LogP contribution in [0, 0.1) is 20.8 Å². The molecule has 12 heteroatoms. The molecular formula is C85H66O12. The third-order valence-corrected chi connectivity index (χ3v) is 15.6. The maximum atomic E-state index is 13.0. The quantitative estimate of drug-likeness (QED) is 0.0494. The molecule has 0 aliphatic rings. The molecule has 97 heavy (non-hydrogen) atoms. The molecule has 0 atom stereocenters. The second-order valence-electron chi connectivity index (χ2n) is 22.7. The van der Waals surface area contributed by atoms with Gasteiger partial charge in [-0.2, -0.15) is 0 Å². The minimum atomic E-state index is -0.140. The zero-order chi connectivity index (χ0) is 68.4. The third-order valence-electron chi connectivity index (χ3n) is 15.6. The molecule has 0 heterocycles. The molecule has 12 aromatic carbocycles. The summed E-state index contributed by atoms with van der Waals surface area (Å²) in [6.07, 6.45) is 0.804. The number of hydrogen-bond acceptors (Lipinski definition) is 12. The van der Waals surface area contributed by atoms with Crippen LogP contribution in [0.2, 0.25) is 0 Å². The van der Waals surface area contributed by atoms with Gasteiger partial charge in [0, 0.05) is 61.2 Å². The Hall–Kier alpha value is -12.7. The summed E-state index contributed by atoms with van der Waals surface area (Å²) in [6, 6.07) is 84.5. The van der Waals surface area contributed by atoms with E-state index in [-0.39, 0.29) is 34.7 Å². The minimum absolute atomic E-state index is 0.0152. The van der Waals surface area contributed by atoms with E-state index in [4.69, 9.17) is 23.7 Å². The number of ether oxygens (including phenoxy) is 5. The fraction of sp³-hybridized carbons (Fsp3) is 0.0706. The van der Waals surface area contributed by atoms with Crippen LogP contribution in [0.15, 0.2) is 285 Å². The summed E-state index contributed by atoms with van der Waals surface area (Å²) in [5.74, 6) is 5.53. The summed E-state index contributed by atoms with van der Waals surface area (Å²) < 4.78 is 28.5. The largest absolute Gasteiger partial charge is 0.497 e. The van der Waals surface area contributed by atoms with E-state index in [1.165, 1.54) is 19.4 Å². The Balaban J connectivity index is 0.000000162. The molecule has 12 aromatic rings. The molecule has 0 unspecified atom stereocenters. The highest BCUT2D eigenvalue weighted by Gasteiger charge is 2.16. The lowest BCUT2D eigenvalue weighted by Gasteiger charge is -2.09. The number of benzene rings is 12. The minimum Gasteiger partial charge on any atom is -0.497 e. The molecule has 12 nitrogen and oxygen atoms in total. The predicted molar refractivity (Wildman–Crippen MR) is 376 cm³/mol. The van der Waals surface area contributed by atoms with Gasteiger partial charge in [-0.3, -0.25) is 33.6 Å². The van der Waals surface area contributed by atoms with Crippen molar-refractivity contribution < 1.29 is 57.2 Å². The van der Waals surface area contributed by atoms with Gasteiger partial charge in [-0.25, -0.2) is 0 Å². The van der Waals surface area contributed by atoms with Crippen LogP contribution in [0.3, 0.4) is 0 Å². The Morgan fingerprint density at radius 2 is 0.464 bits per heavy atom. The monoisotopic (exact) mass is 1280 g/mol. The Morgan fingerprint density at radius 3 is 0.732 bits per heavy atom. The molecule has 0 radical (unpaired) electrons. The molecule has 0 aliphatic heterocycles. The fourth-order valence-corrected chi connectivity index (χ4v) is 9.91. The summed E-state index contributed by atoms with van der Waals surface area (Å²) in [4.78, 5) is 84.8. The fourth-order valence-electron chi connectivity index (χ4n) is 9.91. The van der Waals surface area contributed by atoms with Crippen LogP contribution in [0.5, 0.6) is 51.7 Å². The van der Waals surface area contributed by atoms with Crippen molar-refractivity contribution in [3.8, 4) is 62.9 Å². The normalized spacial score (nSPS) is 10.5. The van der Waals surface area contributed by atoms with Crippen molar-refractivity contribution in [3.63, 3.8) is 0 Å². The first-order chi connectivity index (χ1) is 46.9. The first-order valence-electron chi connectivity index (χ1n) is 31.0. The number of rotatable bonds is 21. The molecular weight excluding hydrogens is 1210 g/mol. The van der Waals surface area contributed by atoms with Crippen molar-refractivity contribution in [2.75, 3.05) is 7.11 Å².